The molecule has 80 valence electrons. The lowest BCUT2D eigenvalue weighted by atomic mass is 10.4. The van der Waals surface area contributed by atoms with Crippen LogP contribution in [0.2, 0.25) is 0 Å². The summed E-state index contributed by atoms with van der Waals surface area (Å²) in [6, 6.07) is 0. The lowest BCUT2D eigenvalue weighted by Crippen LogP contribution is -2.21. The van der Waals surface area contributed by atoms with E-state index in [1.807, 2.05) is 18.8 Å². The van der Waals surface area contributed by atoms with Gasteiger partial charge in [0, 0.05) is 13.1 Å². The Balaban J connectivity index is 2.71. The molecular weight excluding hydrogens is 180 g/mol. The maximum Gasteiger partial charge on any atom is 0.161 e. The molecule has 0 saturated carbocycles. The van der Waals surface area contributed by atoms with Crippen LogP contribution in [0.25, 0.3) is 0 Å². The van der Waals surface area contributed by atoms with Crippen molar-refractivity contribution in [3.63, 3.8) is 0 Å². The van der Waals surface area contributed by atoms with Gasteiger partial charge in [0.1, 0.15) is 0 Å². The summed E-state index contributed by atoms with van der Waals surface area (Å²) in [4.78, 5) is 2.11. The van der Waals surface area contributed by atoms with Crippen LogP contribution in [0.3, 0.4) is 0 Å². The third kappa shape index (κ3) is 2.46. The van der Waals surface area contributed by atoms with Crippen LogP contribution < -0.4 is 10.5 Å². The van der Waals surface area contributed by atoms with Gasteiger partial charge >= 0.3 is 0 Å². The highest BCUT2D eigenvalue weighted by molar-refractivity contribution is 5.24. The highest BCUT2D eigenvalue weighted by Gasteiger charge is 2.08. The second-order valence-electron chi connectivity index (χ2n) is 3.39. The Morgan fingerprint density at radius 3 is 2.79 bits per heavy atom. The van der Waals surface area contributed by atoms with E-state index in [-0.39, 0.29) is 0 Å². The van der Waals surface area contributed by atoms with Crippen molar-refractivity contribution in [3.05, 3.63) is 11.9 Å². The molecule has 0 fully saturated rings. The summed E-state index contributed by atoms with van der Waals surface area (Å²) in [5.41, 5.74) is 6.58. The van der Waals surface area contributed by atoms with Crippen molar-refractivity contribution in [3.8, 4) is 5.75 Å². The number of rotatable bonds is 5. The van der Waals surface area contributed by atoms with Gasteiger partial charge < -0.3 is 15.4 Å². The van der Waals surface area contributed by atoms with E-state index in [2.05, 4.69) is 10.00 Å². The number of hydrogen-bond acceptors (Lipinski definition) is 4. The summed E-state index contributed by atoms with van der Waals surface area (Å²) in [7, 11) is 5.69. The zero-order valence-electron chi connectivity index (χ0n) is 9.03. The molecule has 1 heterocycles. The molecule has 0 saturated heterocycles. The van der Waals surface area contributed by atoms with Crippen LogP contribution in [0.5, 0.6) is 5.75 Å². The standard InChI is InChI=1S/C9H18N4O/c1-12(2)4-5-13-8(6-10)9(14-3)7-11-13/h7H,4-6,10H2,1-3H3. The molecule has 14 heavy (non-hydrogen) atoms. The van der Waals surface area contributed by atoms with Crippen molar-refractivity contribution in [2.24, 2.45) is 5.73 Å². The van der Waals surface area contributed by atoms with Gasteiger partial charge in [-0.25, -0.2) is 0 Å². The molecule has 0 radical (unpaired) electrons. The SMILES string of the molecule is COc1cnn(CCN(C)C)c1CN. The zero-order valence-corrected chi connectivity index (χ0v) is 9.03. The first-order chi connectivity index (χ1) is 6.69. The molecule has 1 aromatic rings. The van der Waals surface area contributed by atoms with Crippen LogP contribution in [-0.2, 0) is 13.1 Å². The number of ether oxygens (including phenoxy) is 1. The molecule has 0 aromatic carbocycles. The summed E-state index contributed by atoms with van der Waals surface area (Å²) in [5.74, 6) is 0.770. The number of methoxy groups -OCH3 is 1. The van der Waals surface area contributed by atoms with Gasteiger partial charge in [-0.3, -0.25) is 4.68 Å². The quantitative estimate of drug-likeness (QED) is 0.718. The van der Waals surface area contributed by atoms with E-state index in [9.17, 15) is 0 Å². The Morgan fingerprint density at radius 2 is 2.29 bits per heavy atom. The fraction of sp³-hybridized carbons (Fsp3) is 0.667. The van der Waals surface area contributed by atoms with Crippen molar-refractivity contribution in [1.82, 2.24) is 14.7 Å². The molecule has 0 unspecified atom stereocenters. The monoisotopic (exact) mass is 198 g/mol. The molecule has 5 heteroatoms. The topological polar surface area (TPSA) is 56.3 Å². The van der Waals surface area contributed by atoms with Gasteiger partial charge in [0.2, 0.25) is 0 Å². The van der Waals surface area contributed by atoms with E-state index >= 15 is 0 Å². The largest absolute Gasteiger partial charge is 0.493 e. The first-order valence-electron chi connectivity index (χ1n) is 4.62. The molecule has 0 bridgehead atoms. The normalized spacial score (nSPS) is 10.9. The van der Waals surface area contributed by atoms with E-state index < -0.39 is 0 Å². The van der Waals surface area contributed by atoms with E-state index in [0.717, 1.165) is 24.5 Å². The van der Waals surface area contributed by atoms with Crippen LogP contribution in [-0.4, -0.2) is 42.4 Å². The molecule has 0 spiro atoms. The average molecular weight is 198 g/mol. The molecule has 1 rings (SSSR count). The molecule has 2 N–H and O–H groups in total. The van der Waals surface area contributed by atoms with Gasteiger partial charge in [0.25, 0.3) is 0 Å². The predicted octanol–water partition coefficient (Wildman–Crippen LogP) is -0.0880. The molecule has 0 aliphatic carbocycles. The lowest BCUT2D eigenvalue weighted by molar-refractivity contribution is 0.366. The molecule has 0 amide bonds. The molecule has 1 aromatic heterocycles. The van der Waals surface area contributed by atoms with Gasteiger partial charge in [-0.2, -0.15) is 5.10 Å². The van der Waals surface area contributed by atoms with E-state index in [1.165, 1.54) is 0 Å². The second-order valence-corrected chi connectivity index (χ2v) is 3.39. The van der Waals surface area contributed by atoms with E-state index in [4.69, 9.17) is 10.5 Å². The Labute approximate surface area is 84.4 Å². The predicted molar refractivity (Wildman–Crippen MR) is 55.2 cm³/mol. The fourth-order valence-electron chi connectivity index (χ4n) is 1.26. The van der Waals surface area contributed by atoms with Crippen LogP contribution in [0.15, 0.2) is 6.20 Å². The number of nitrogens with two attached hydrogens (primary N) is 1. The van der Waals surface area contributed by atoms with Crippen LogP contribution in [0.4, 0.5) is 0 Å². The molecule has 0 aliphatic heterocycles. The maximum absolute atomic E-state index is 5.62. The van der Waals surface area contributed by atoms with Gasteiger partial charge in [0.15, 0.2) is 5.75 Å². The number of nitrogens with zero attached hydrogens (tertiary/aromatic N) is 3. The van der Waals surface area contributed by atoms with Gasteiger partial charge in [0.05, 0.1) is 25.5 Å². The number of hydrogen-bond donors (Lipinski definition) is 1. The van der Waals surface area contributed by atoms with Crippen molar-refractivity contribution < 1.29 is 4.74 Å². The van der Waals surface area contributed by atoms with Crippen LogP contribution >= 0.6 is 0 Å². The van der Waals surface area contributed by atoms with Gasteiger partial charge in [-0.15, -0.1) is 0 Å². The van der Waals surface area contributed by atoms with Crippen molar-refractivity contribution >= 4 is 0 Å². The maximum atomic E-state index is 5.62. The minimum absolute atomic E-state index is 0.455. The van der Waals surface area contributed by atoms with Crippen LogP contribution in [0.1, 0.15) is 5.69 Å². The molecular formula is C9H18N4O. The lowest BCUT2D eigenvalue weighted by Gasteiger charge is -2.11. The second kappa shape index (κ2) is 4.97. The molecule has 5 nitrogen and oxygen atoms in total. The number of likely N-dealkylation sites (N-methyl/N-ethyl adjacent to an activating group) is 1. The Kier molecular flexibility index (Phi) is 3.91. The first kappa shape index (κ1) is 11.0. The fourth-order valence-corrected chi connectivity index (χ4v) is 1.26. The number of aromatic nitrogens is 2. The average Bonchev–Trinajstić information content (AvgIpc) is 2.56. The molecule has 0 aliphatic rings. The summed E-state index contributed by atoms with van der Waals surface area (Å²) >= 11 is 0. The zero-order chi connectivity index (χ0) is 10.6. The van der Waals surface area contributed by atoms with Crippen molar-refractivity contribution in [2.75, 3.05) is 27.7 Å². The van der Waals surface area contributed by atoms with E-state index in [1.54, 1.807) is 13.3 Å². The minimum atomic E-state index is 0.455. The third-order valence-electron chi connectivity index (χ3n) is 2.08. The Hall–Kier alpha value is -1.07. The Morgan fingerprint density at radius 1 is 1.57 bits per heavy atom. The van der Waals surface area contributed by atoms with Crippen LogP contribution in [0, 0.1) is 0 Å². The summed E-state index contributed by atoms with van der Waals surface area (Å²) < 4.78 is 7.03. The third-order valence-corrected chi connectivity index (χ3v) is 2.08. The van der Waals surface area contributed by atoms with Crippen molar-refractivity contribution in [2.45, 2.75) is 13.1 Å². The highest BCUT2D eigenvalue weighted by atomic mass is 16.5. The summed E-state index contributed by atoms with van der Waals surface area (Å²) in [5, 5.41) is 4.21. The first-order valence-corrected chi connectivity index (χ1v) is 4.62. The molecule has 0 atom stereocenters. The minimum Gasteiger partial charge on any atom is -0.493 e. The summed E-state index contributed by atoms with van der Waals surface area (Å²) in [6.45, 7) is 2.23. The van der Waals surface area contributed by atoms with E-state index in [0.29, 0.717) is 6.54 Å². The highest BCUT2D eigenvalue weighted by Crippen LogP contribution is 2.16. The Bertz CT molecular complexity index is 282. The van der Waals surface area contributed by atoms with Crippen molar-refractivity contribution in [1.29, 1.82) is 0 Å². The van der Waals surface area contributed by atoms with Gasteiger partial charge in [-0.05, 0) is 14.1 Å². The summed E-state index contributed by atoms with van der Waals surface area (Å²) in [6.07, 6.45) is 1.71. The van der Waals surface area contributed by atoms with Gasteiger partial charge in [-0.1, -0.05) is 0 Å². The smallest absolute Gasteiger partial charge is 0.161 e.